The minimum absolute atomic E-state index is 0.0201. The quantitative estimate of drug-likeness (QED) is 0.472. The first-order chi connectivity index (χ1) is 13.6. The largest absolute Gasteiger partial charge is 0.490 e. The number of carbonyl (C=O) groups is 2. The van der Waals surface area contributed by atoms with Crippen molar-refractivity contribution in [3.05, 3.63) is 24.0 Å². The zero-order valence-corrected chi connectivity index (χ0v) is 16.7. The van der Waals surface area contributed by atoms with Gasteiger partial charge in [-0.15, -0.1) is 0 Å². The third-order valence-corrected chi connectivity index (χ3v) is 4.94. The summed E-state index contributed by atoms with van der Waals surface area (Å²) in [5.74, 6) is 0.758. The van der Waals surface area contributed by atoms with Crippen LogP contribution in [0.15, 0.2) is 18.5 Å². The molecule has 0 unspecified atom stereocenters. The maximum absolute atomic E-state index is 11.8. The normalized spacial score (nSPS) is 16.7. The lowest BCUT2D eigenvalue weighted by Crippen LogP contribution is -2.27. The van der Waals surface area contributed by atoms with Crippen molar-refractivity contribution in [2.24, 2.45) is 0 Å². The maximum Gasteiger partial charge on any atom is 0.404 e. The van der Waals surface area contributed by atoms with E-state index in [0.29, 0.717) is 32.2 Å². The van der Waals surface area contributed by atoms with Crippen LogP contribution in [-0.2, 0) is 4.79 Å². The standard InChI is InChI=1S/C20H32N4O4/c1-24-11-6-7-18(24)16-13-17(15-21-14-16)28-12-10-22-19(25)8-4-2-3-5-9-23-20(26)27/h13-15,18,23H,2-12H2,1H3,(H,22,25)(H,26,27)/t18-/m0/s1. The molecule has 2 rings (SSSR count). The summed E-state index contributed by atoms with van der Waals surface area (Å²) in [6.45, 7) is 2.46. The molecular weight excluding hydrogens is 360 g/mol. The molecular formula is C20H32N4O4. The zero-order valence-electron chi connectivity index (χ0n) is 16.7. The van der Waals surface area contributed by atoms with Gasteiger partial charge in [0.1, 0.15) is 12.4 Å². The molecule has 8 heteroatoms. The molecule has 0 radical (unpaired) electrons. The predicted molar refractivity (Wildman–Crippen MR) is 106 cm³/mol. The summed E-state index contributed by atoms with van der Waals surface area (Å²) in [6, 6.07) is 2.45. The third-order valence-electron chi connectivity index (χ3n) is 4.94. The Balaban J connectivity index is 1.54. The van der Waals surface area contributed by atoms with E-state index in [-0.39, 0.29) is 5.91 Å². The molecule has 156 valence electrons. The summed E-state index contributed by atoms with van der Waals surface area (Å²) in [7, 11) is 2.13. The number of aromatic nitrogens is 1. The first kappa shape index (κ1) is 21.9. The van der Waals surface area contributed by atoms with Gasteiger partial charge in [0.25, 0.3) is 0 Å². The SMILES string of the molecule is CN1CCC[C@H]1c1cncc(OCCNC(=O)CCCCCCNC(=O)O)c1. The van der Waals surface area contributed by atoms with Crippen molar-refractivity contribution in [2.45, 2.75) is 51.0 Å². The number of pyridine rings is 1. The molecule has 28 heavy (non-hydrogen) atoms. The van der Waals surface area contributed by atoms with E-state index in [2.05, 4.69) is 27.6 Å². The molecule has 2 amide bonds. The van der Waals surface area contributed by atoms with Gasteiger partial charge in [0.15, 0.2) is 0 Å². The maximum atomic E-state index is 11.8. The smallest absolute Gasteiger partial charge is 0.404 e. The van der Waals surface area contributed by atoms with Crippen LogP contribution < -0.4 is 15.4 Å². The molecule has 1 aliphatic heterocycles. The molecule has 0 bridgehead atoms. The van der Waals surface area contributed by atoms with Gasteiger partial charge in [-0.25, -0.2) is 4.79 Å². The fourth-order valence-electron chi connectivity index (χ4n) is 3.44. The minimum Gasteiger partial charge on any atom is -0.490 e. The van der Waals surface area contributed by atoms with E-state index in [1.807, 2.05) is 12.3 Å². The van der Waals surface area contributed by atoms with E-state index in [1.165, 1.54) is 12.0 Å². The second kappa shape index (κ2) is 12.2. The van der Waals surface area contributed by atoms with Gasteiger partial charge in [-0.05, 0) is 50.9 Å². The molecule has 0 aromatic carbocycles. The fraction of sp³-hybridized carbons (Fsp3) is 0.650. The van der Waals surface area contributed by atoms with Gasteiger partial charge in [0, 0.05) is 25.2 Å². The summed E-state index contributed by atoms with van der Waals surface area (Å²) in [6.07, 6.45) is 8.89. The molecule has 1 saturated heterocycles. The predicted octanol–water partition coefficient (Wildman–Crippen LogP) is 2.56. The molecule has 1 aliphatic rings. The number of rotatable bonds is 12. The Labute approximate surface area is 166 Å². The van der Waals surface area contributed by atoms with Gasteiger partial charge in [-0.1, -0.05) is 12.8 Å². The zero-order chi connectivity index (χ0) is 20.2. The Morgan fingerprint density at radius 3 is 2.79 bits per heavy atom. The van der Waals surface area contributed by atoms with Crippen LogP contribution in [0.2, 0.25) is 0 Å². The fourth-order valence-corrected chi connectivity index (χ4v) is 3.44. The monoisotopic (exact) mass is 392 g/mol. The van der Waals surface area contributed by atoms with Crippen molar-refractivity contribution in [3.63, 3.8) is 0 Å². The number of carbonyl (C=O) groups excluding carboxylic acids is 1. The van der Waals surface area contributed by atoms with Crippen molar-refractivity contribution in [1.82, 2.24) is 20.5 Å². The van der Waals surface area contributed by atoms with Gasteiger partial charge >= 0.3 is 6.09 Å². The van der Waals surface area contributed by atoms with Crippen LogP contribution >= 0.6 is 0 Å². The topological polar surface area (TPSA) is 104 Å². The van der Waals surface area contributed by atoms with Gasteiger partial charge in [0.05, 0.1) is 12.7 Å². The highest BCUT2D eigenvalue weighted by Crippen LogP contribution is 2.31. The van der Waals surface area contributed by atoms with Crippen LogP contribution in [0.3, 0.4) is 0 Å². The van der Waals surface area contributed by atoms with E-state index in [0.717, 1.165) is 44.4 Å². The number of ether oxygens (including phenoxy) is 1. The number of unbranched alkanes of at least 4 members (excludes halogenated alkanes) is 3. The van der Waals surface area contributed by atoms with Crippen LogP contribution in [0.1, 0.15) is 56.6 Å². The van der Waals surface area contributed by atoms with Crippen LogP contribution in [0.5, 0.6) is 5.75 Å². The lowest BCUT2D eigenvalue weighted by molar-refractivity contribution is -0.121. The van der Waals surface area contributed by atoms with Crippen LogP contribution in [0, 0.1) is 0 Å². The van der Waals surface area contributed by atoms with Crippen molar-refractivity contribution in [2.75, 3.05) is 33.3 Å². The number of amides is 2. The van der Waals surface area contributed by atoms with Crippen LogP contribution in [0.25, 0.3) is 0 Å². The number of hydrogen-bond acceptors (Lipinski definition) is 5. The van der Waals surface area contributed by atoms with Crippen molar-refractivity contribution in [3.8, 4) is 5.75 Å². The van der Waals surface area contributed by atoms with E-state index in [1.54, 1.807) is 6.20 Å². The summed E-state index contributed by atoms with van der Waals surface area (Å²) in [5.41, 5.74) is 1.18. The van der Waals surface area contributed by atoms with Gasteiger partial charge in [0.2, 0.25) is 5.91 Å². The number of hydrogen-bond donors (Lipinski definition) is 3. The molecule has 0 saturated carbocycles. The Kier molecular flexibility index (Phi) is 9.54. The Hall–Kier alpha value is -2.35. The van der Waals surface area contributed by atoms with Crippen molar-refractivity contribution >= 4 is 12.0 Å². The number of carboxylic acid groups (broad SMARTS) is 1. The summed E-state index contributed by atoms with van der Waals surface area (Å²) in [5, 5.41) is 13.7. The Bertz CT molecular complexity index is 626. The molecule has 1 fully saturated rings. The van der Waals surface area contributed by atoms with E-state index in [9.17, 15) is 9.59 Å². The molecule has 1 atom stereocenters. The molecule has 0 aliphatic carbocycles. The molecule has 3 N–H and O–H groups in total. The van der Waals surface area contributed by atoms with Gasteiger partial charge < -0.3 is 20.5 Å². The molecule has 0 spiro atoms. The second-order valence-corrected chi connectivity index (χ2v) is 7.19. The summed E-state index contributed by atoms with van der Waals surface area (Å²) < 4.78 is 5.73. The molecule has 2 heterocycles. The highest BCUT2D eigenvalue weighted by molar-refractivity contribution is 5.75. The van der Waals surface area contributed by atoms with Crippen molar-refractivity contribution in [1.29, 1.82) is 0 Å². The first-order valence-corrected chi connectivity index (χ1v) is 10.1. The lowest BCUT2D eigenvalue weighted by atomic mass is 10.1. The van der Waals surface area contributed by atoms with Crippen LogP contribution in [0.4, 0.5) is 4.79 Å². The van der Waals surface area contributed by atoms with Gasteiger partial charge in [-0.2, -0.15) is 0 Å². The van der Waals surface area contributed by atoms with Gasteiger partial charge in [-0.3, -0.25) is 14.7 Å². The highest BCUT2D eigenvalue weighted by atomic mass is 16.5. The highest BCUT2D eigenvalue weighted by Gasteiger charge is 2.23. The molecule has 1 aromatic rings. The van der Waals surface area contributed by atoms with E-state index >= 15 is 0 Å². The van der Waals surface area contributed by atoms with E-state index in [4.69, 9.17) is 9.84 Å². The average molecular weight is 393 g/mol. The summed E-state index contributed by atoms with van der Waals surface area (Å²) >= 11 is 0. The molecule has 8 nitrogen and oxygen atoms in total. The third kappa shape index (κ3) is 8.12. The number of nitrogens with zero attached hydrogens (tertiary/aromatic N) is 2. The average Bonchev–Trinajstić information content (AvgIpc) is 3.10. The first-order valence-electron chi connectivity index (χ1n) is 10.1. The second-order valence-electron chi connectivity index (χ2n) is 7.19. The molecule has 1 aromatic heterocycles. The number of likely N-dealkylation sites (tertiary alicyclic amines) is 1. The van der Waals surface area contributed by atoms with Crippen LogP contribution in [-0.4, -0.2) is 60.3 Å². The van der Waals surface area contributed by atoms with Crippen molar-refractivity contribution < 1.29 is 19.4 Å². The summed E-state index contributed by atoms with van der Waals surface area (Å²) in [4.78, 5) is 28.7. The Morgan fingerprint density at radius 1 is 1.21 bits per heavy atom. The van der Waals surface area contributed by atoms with E-state index < -0.39 is 6.09 Å². The minimum atomic E-state index is -0.991. The Morgan fingerprint density at radius 2 is 2.04 bits per heavy atom. The number of nitrogens with one attached hydrogen (secondary N) is 2. The lowest BCUT2D eigenvalue weighted by Gasteiger charge is -2.19.